The molecule has 0 spiro atoms. The third kappa shape index (κ3) is 7.45. The lowest BCUT2D eigenvalue weighted by atomic mass is 9.51. The number of aliphatic hydroxyl groups is 2. The summed E-state index contributed by atoms with van der Waals surface area (Å²) in [5.74, 6) is 0.646. The first-order chi connectivity index (χ1) is 19.6. The van der Waals surface area contributed by atoms with Crippen LogP contribution in [0.1, 0.15) is 68.4 Å². The Kier molecular flexibility index (Phi) is 10.0. The molecular formula is C32H40O9. The Bertz CT molecular complexity index is 1200. The van der Waals surface area contributed by atoms with Crippen molar-refractivity contribution in [3.8, 4) is 0 Å². The van der Waals surface area contributed by atoms with Gasteiger partial charge in [-0.05, 0) is 104 Å². The molecule has 41 heavy (non-hydrogen) atoms. The van der Waals surface area contributed by atoms with Crippen LogP contribution in [-0.2, 0) is 20.8 Å². The Balaban J connectivity index is 0.000000144. The van der Waals surface area contributed by atoms with Crippen LogP contribution in [0.3, 0.4) is 0 Å². The molecule has 1 aromatic carbocycles. The van der Waals surface area contributed by atoms with Crippen LogP contribution in [0, 0.1) is 41.4 Å². The second-order valence-electron chi connectivity index (χ2n) is 12.0. The molecule has 1 aromatic heterocycles. The molecule has 222 valence electrons. The number of aliphatic hydroxyl groups excluding tert-OH is 2. The standard InChI is InChI=1S/C12H14O4.C12H18O2.C8H8O3/c13-6-8-5-7-3-1-2-4-9(7)11(14)10(8)12(15)16;13-12(14)6-11-9-2-7-1-8(4-9)5-10(11)3-7;1-6(8(9)10)5-7-3-2-4-11-7/h1-4,8,10-11,13-14H,5-6H2,(H,15,16);7-11H,1-6H2,(H,13,14);2-5H,1H3,(H,9,10). The zero-order valence-electron chi connectivity index (χ0n) is 23.3. The van der Waals surface area contributed by atoms with Gasteiger partial charge in [0.05, 0.1) is 18.3 Å². The molecule has 4 fully saturated rings. The fraction of sp³-hybridized carbons (Fsp3) is 0.531. The monoisotopic (exact) mass is 568 g/mol. The second-order valence-corrected chi connectivity index (χ2v) is 12.0. The summed E-state index contributed by atoms with van der Waals surface area (Å²) in [5.41, 5.74) is 1.85. The van der Waals surface area contributed by atoms with Crippen LogP contribution in [0.5, 0.6) is 0 Å². The Hall–Kier alpha value is -3.43. The van der Waals surface area contributed by atoms with Crippen LogP contribution in [0.25, 0.3) is 6.08 Å². The van der Waals surface area contributed by atoms with Crippen molar-refractivity contribution in [2.75, 3.05) is 6.61 Å². The van der Waals surface area contributed by atoms with Crippen LogP contribution < -0.4 is 0 Å². The molecule has 2 aromatic rings. The topological polar surface area (TPSA) is 165 Å². The number of hydrogen-bond acceptors (Lipinski definition) is 6. The third-order valence-corrected chi connectivity index (χ3v) is 9.30. The first-order valence-corrected chi connectivity index (χ1v) is 14.3. The van der Waals surface area contributed by atoms with Crippen LogP contribution >= 0.6 is 0 Å². The van der Waals surface area contributed by atoms with Gasteiger partial charge in [-0.1, -0.05) is 24.3 Å². The van der Waals surface area contributed by atoms with Crippen molar-refractivity contribution >= 4 is 24.0 Å². The fourth-order valence-electron chi connectivity index (χ4n) is 7.61. The minimum atomic E-state index is -1.05. The molecule has 0 aliphatic heterocycles. The number of carbonyl (C=O) groups is 3. The van der Waals surface area contributed by atoms with Crippen LogP contribution in [-0.4, -0.2) is 50.0 Å². The Morgan fingerprint density at radius 2 is 1.56 bits per heavy atom. The van der Waals surface area contributed by atoms with Gasteiger partial charge in [0.1, 0.15) is 5.76 Å². The van der Waals surface area contributed by atoms with Gasteiger partial charge in [-0.25, -0.2) is 4.79 Å². The molecule has 0 radical (unpaired) electrons. The maximum absolute atomic E-state index is 11.1. The lowest BCUT2D eigenvalue weighted by Crippen LogP contribution is -2.45. The number of carboxylic acids is 3. The van der Waals surface area contributed by atoms with E-state index in [1.54, 1.807) is 24.3 Å². The zero-order chi connectivity index (χ0) is 29.7. The number of hydrogen-bond donors (Lipinski definition) is 5. The highest BCUT2D eigenvalue weighted by Gasteiger charge is 2.48. The Morgan fingerprint density at radius 3 is 2.07 bits per heavy atom. The van der Waals surface area contributed by atoms with Crippen LogP contribution in [0.2, 0.25) is 0 Å². The first kappa shape index (κ1) is 30.5. The number of aliphatic carboxylic acids is 3. The molecule has 9 nitrogen and oxygen atoms in total. The van der Waals surface area contributed by atoms with Crippen molar-refractivity contribution in [3.05, 3.63) is 65.1 Å². The van der Waals surface area contributed by atoms with Gasteiger partial charge in [-0.2, -0.15) is 0 Å². The van der Waals surface area contributed by atoms with E-state index in [0.717, 1.165) is 29.2 Å². The summed E-state index contributed by atoms with van der Waals surface area (Å²) in [6, 6.07) is 10.6. The average Bonchev–Trinajstić information content (AvgIpc) is 3.43. The quantitative estimate of drug-likeness (QED) is 0.305. The SMILES string of the molecule is CC(=Cc1ccco1)C(=O)O.O=C(O)C1C(CO)Cc2ccccc2C1O.O=C(O)CC1C2CC3CC(C2)CC1C3. The van der Waals surface area contributed by atoms with Crippen LogP contribution in [0.15, 0.2) is 52.7 Å². The maximum atomic E-state index is 11.1. The molecule has 4 bridgehead atoms. The largest absolute Gasteiger partial charge is 0.481 e. The van der Waals surface area contributed by atoms with Crippen molar-refractivity contribution in [1.82, 2.24) is 0 Å². The summed E-state index contributed by atoms with van der Waals surface area (Å²) in [6.07, 6.45) is 9.69. The highest BCUT2D eigenvalue weighted by atomic mass is 16.4. The maximum Gasteiger partial charge on any atom is 0.331 e. The van der Waals surface area contributed by atoms with E-state index in [-0.39, 0.29) is 12.2 Å². The van der Waals surface area contributed by atoms with E-state index in [2.05, 4.69) is 0 Å². The van der Waals surface area contributed by atoms with E-state index < -0.39 is 35.8 Å². The molecule has 5 N–H and O–H groups in total. The summed E-state index contributed by atoms with van der Waals surface area (Å²) in [6.45, 7) is 1.30. The number of carboxylic acid groups (broad SMARTS) is 3. The predicted molar refractivity (Wildman–Crippen MR) is 150 cm³/mol. The Morgan fingerprint density at radius 1 is 0.927 bits per heavy atom. The summed E-state index contributed by atoms with van der Waals surface area (Å²) < 4.78 is 4.91. The summed E-state index contributed by atoms with van der Waals surface area (Å²) in [4.78, 5) is 32.2. The van der Waals surface area contributed by atoms with E-state index in [9.17, 15) is 24.6 Å². The van der Waals surface area contributed by atoms with Gasteiger partial charge >= 0.3 is 17.9 Å². The van der Waals surface area contributed by atoms with Crippen molar-refractivity contribution in [1.29, 1.82) is 0 Å². The van der Waals surface area contributed by atoms with E-state index >= 15 is 0 Å². The van der Waals surface area contributed by atoms with Crippen molar-refractivity contribution < 1.29 is 44.3 Å². The molecule has 0 saturated heterocycles. The van der Waals surface area contributed by atoms with Gasteiger partial charge in [0.25, 0.3) is 0 Å². The highest BCUT2D eigenvalue weighted by Crippen LogP contribution is 2.57. The van der Waals surface area contributed by atoms with Gasteiger partial charge in [-0.3, -0.25) is 9.59 Å². The van der Waals surface area contributed by atoms with Crippen molar-refractivity contribution in [2.45, 2.75) is 58.0 Å². The van der Waals surface area contributed by atoms with Gasteiger partial charge in [0.15, 0.2) is 0 Å². The van der Waals surface area contributed by atoms with Crippen molar-refractivity contribution in [3.63, 3.8) is 0 Å². The molecule has 3 atom stereocenters. The minimum Gasteiger partial charge on any atom is -0.481 e. The highest BCUT2D eigenvalue weighted by molar-refractivity contribution is 5.90. The lowest BCUT2D eigenvalue weighted by Gasteiger charge is -2.54. The third-order valence-electron chi connectivity index (χ3n) is 9.30. The molecule has 0 amide bonds. The number of benzene rings is 1. The number of rotatable bonds is 6. The van der Waals surface area contributed by atoms with Gasteiger partial charge in [0, 0.05) is 24.5 Å². The molecular weight excluding hydrogens is 528 g/mol. The lowest BCUT2D eigenvalue weighted by molar-refractivity contribution is -0.150. The Labute approximate surface area is 239 Å². The molecule has 3 unspecified atom stereocenters. The summed E-state index contributed by atoms with van der Waals surface area (Å²) in [7, 11) is 0. The fourth-order valence-corrected chi connectivity index (χ4v) is 7.61. The van der Waals surface area contributed by atoms with Gasteiger partial charge < -0.3 is 29.9 Å². The molecule has 5 aliphatic carbocycles. The van der Waals surface area contributed by atoms with Crippen LogP contribution in [0.4, 0.5) is 0 Å². The van der Waals surface area contributed by atoms with E-state index in [0.29, 0.717) is 30.1 Å². The zero-order valence-corrected chi connectivity index (χ0v) is 23.3. The van der Waals surface area contributed by atoms with Gasteiger partial charge in [-0.15, -0.1) is 0 Å². The molecule has 5 aliphatic rings. The number of fused-ring (bicyclic) bond motifs is 1. The molecule has 9 heteroatoms. The molecule has 1 heterocycles. The smallest absolute Gasteiger partial charge is 0.331 e. The number of furan rings is 1. The summed E-state index contributed by atoms with van der Waals surface area (Å²) in [5, 5.41) is 45.6. The minimum absolute atomic E-state index is 0.220. The molecule has 7 rings (SSSR count). The van der Waals surface area contributed by atoms with Crippen molar-refractivity contribution in [2.24, 2.45) is 41.4 Å². The van der Waals surface area contributed by atoms with Gasteiger partial charge in [0.2, 0.25) is 0 Å². The van der Waals surface area contributed by atoms with E-state index in [1.165, 1.54) is 51.4 Å². The molecule has 4 saturated carbocycles. The first-order valence-electron chi connectivity index (χ1n) is 14.3. The normalized spacial score (nSPS) is 31.1. The van der Waals surface area contributed by atoms with E-state index in [4.69, 9.17) is 19.7 Å². The summed E-state index contributed by atoms with van der Waals surface area (Å²) >= 11 is 0. The van der Waals surface area contributed by atoms with E-state index in [1.807, 2.05) is 12.1 Å². The average molecular weight is 569 g/mol. The predicted octanol–water partition coefficient (Wildman–Crippen LogP) is 4.89. The second kappa shape index (κ2) is 13.5.